The van der Waals surface area contributed by atoms with Crippen LogP contribution in [-0.2, 0) is 14.3 Å². The van der Waals surface area contributed by atoms with Gasteiger partial charge in [-0.25, -0.2) is 0 Å². The lowest BCUT2D eigenvalue weighted by Crippen LogP contribution is -1.95. The van der Waals surface area contributed by atoms with E-state index in [1.54, 1.807) is 13.0 Å². The minimum Gasteiger partial charge on any atom is -0.481 e. The summed E-state index contributed by atoms with van der Waals surface area (Å²) in [5, 5.41) is 14.7. The average molecular weight is 207 g/mol. The molecule has 0 saturated carbocycles. The number of carbonyl (C=O) groups excluding carboxylic acids is 1. The average Bonchev–Trinajstić information content (AvgIpc) is 1.86. The first kappa shape index (κ1) is 22.8. The van der Waals surface area contributed by atoms with Crippen LogP contribution in [0.1, 0.15) is 27.7 Å². The third kappa shape index (κ3) is 474. The summed E-state index contributed by atoms with van der Waals surface area (Å²) in [7, 11) is 0. The smallest absolute Gasteiger partial charge is 0.302 e. The molecular formula is C8H17NO5. The lowest BCUT2D eigenvalue weighted by Gasteiger charge is -1.89. The number of carboxylic acids is 1. The number of carboxylic acid groups (broad SMARTS) is 1. The Hall–Kier alpha value is -1.61. The third-order valence-electron chi connectivity index (χ3n) is 0.348. The quantitative estimate of drug-likeness (QED) is 0.622. The summed E-state index contributed by atoms with van der Waals surface area (Å²) in [5.41, 5.74) is 0. The van der Waals surface area contributed by atoms with Crippen LogP contribution in [0.25, 0.3) is 0 Å². The van der Waals surface area contributed by atoms with Crippen LogP contribution < -0.4 is 0 Å². The van der Waals surface area contributed by atoms with E-state index in [1.165, 1.54) is 13.8 Å². The Bertz CT molecular complexity index is 169. The van der Waals surface area contributed by atoms with Crippen molar-refractivity contribution in [3.05, 3.63) is 0 Å². The Morgan fingerprint density at radius 3 is 1.64 bits per heavy atom. The molecule has 0 saturated heterocycles. The highest BCUT2D eigenvalue weighted by atomic mass is 16.5. The van der Waals surface area contributed by atoms with Crippen molar-refractivity contribution in [1.82, 2.24) is 0 Å². The maximum atomic E-state index is 9.82. The number of hydrogen-bond acceptors (Lipinski definition) is 4. The van der Waals surface area contributed by atoms with Crippen molar-refractivity contribution in [2.75, 3.05) is 6.61 Å². The first-order valence-corrected chi connectivity index (χ1v) is 3.56. The molecule has 0 aromatic rings. The van der Waals surface area contributed by atoms with E-state index in [9.17, 15) is 4.79 Å². The Labute approximate surface area is 83.4 Å². The van der Waals surface area contributed by atoms with Crippen molar-refractivity contribution < 1.29 is 24.9 Å². The molecule has 0 amide bonds. The Balaban J connectivity index is -0.0000000553. The van der Waals surface area contributed by atoms with E-state index < -0.39 is 5.97 Å². The summed E-state index contributed by atoms with van der Waals surface area (Å²) in [6, 6.07) is 1.75. The number of carbonyl (C=O) groups is 2. The molecule has 14 heavy (non-hydrogen) atoms. The maximum Gasteiger partial charge on any atom is 0.302 e. The van der Waals surface area contributed by atoms with E-state index in [4.69, 9.17) is 15.2 Å². The third-order valence-corrected chi connectivity index (χ3v) is 0.348. The molecular weight excluding hydrogens is 190 g/mol. The Morgan fingerprint density at radius 2 is 1.64 bits per heavy atom. The zero-order chi connectivity index (χ0) is 11.3. The highest BCUT2D eigenvalue weighted by Crippen LogP contribution is 1.69. The molecule has 0 atom stereocenters. The van der Waals surface area contributed by atoms with E-state index in [0.717, 1.165) is 6.92 Å². The van der Waals surface area contributed by atoms with Gasteiger partial charge in [0.15, 0.2) is 0 Å². The van der Waals surface area contributed by atoms with Crippen molar-refractivity contribution in [3.8, 4) is 6.07 Å². The molecule has 0 spiro atoms. The summed E-state index contributed by atoms with van der Waals surface area (Å²) in [6.07, 6.45) is 0. The van der Waals surface area contributed by atoms with Gasteiger partial charge in [0, 0.05) is 20.8 Å². The highest BCUT2D eigenvalue weighted by molar-refractivity contribution is 5.65. The Kier molecular flexibility index (Phi) is 36.7. The Morgan fingerprint density at radius 1 is 1.43 bits per heavy atom. The van der Waals surface area contributed by atoms with Gasteiger partial charge < -0.3 is 15.3 Å². The molecule has 0 aromatic carbocycles. The van der Waals surface area contributed by atoms with Crippen LogP contribution in [0.15, 0.2) is 0 Å². The summed E-state index contributed by atoms with van der Waals surface area (Å²) >= 11 is 0. The standard InChI is InChI=1S/C4H8O2.C2H3N.C2H4O2.H2O/c1-3-6-4(2)5;1-2-3;1-2(3)4;/h3H2,1-2H3;1H3;1H3,(H,3,4);1H2. The van der Waals surface area contributed by atoms with E-state index in [-0.39, 0.29) is 11.4 Å². The van der Waals surface area contributed by atoms with Crippen molar-refractivity contribution >= 4 is 11.9 Å². The van der Waals surface area contributed by atoms with Crippen LogP contribution >= 0.6 is 0 Å². The molecule has 0 rings (SSSR count). The molecule has 3 N–H and O–H groups in total. The van der Waals surface area contributed by atoms with Gasteiger partial charge in [-0.2, -0.15) is 5.26 Å². The number of esters is 1. The molecule has 0 heterocycles. The van der Waals surface area contributed by atoms with Crippen LogP contribution in [0.3, 0.4) is 0 Å². The predicted octanol–water partition coefficient (Wildman–Crippen LogP) is 0.365. The maximum absolute atomic E-state index is 9.82. The van der Waals surface area contributed by atoms with E-state index in [2.05, 4.69) is 4.74 Å². The van der Waals surface area contributed by atoms with Crippen LogP contribution in [0, 0.1) is 11.3 Å². The normalized spacial score (nSPS) is 5.64. The van der Waals surface area contributed by atoms with Gasteiger partial charge in [0.2, 0.25) is 0 Å². The first-order chi connectivity index (χ1) is 5.92. The van der Waals surface area contributed by atoms with Crippen LogP contribution in [0.4, 0.5) is 0 Å². The van der Waals surface area contributed by atoms with E-state index >= 15 is 0 Å². The first-order valence-electron chi connectivity index (χ1n) is 3.56. The topological polar surface area (TPSA) is 119 Å². The summed E-state index contributed by atoms with van der Waals surface area (Å²) in [5.74, 6) is -1.04. The van der Waals surface area contributed by atoms with Crippen molar-refractivity contribution in [2.24, 2.45) is 0 Å². The second-order valence-electron chi connectivity index (χ2n) is 1.67. The lowest BCUT2D eigenvalue weighted by atomic mass is 10.8. The zero-order valence-corrected chi connectivity index (χ0v) is 8.83. The SMILES string of the molecule is CC#N.CC(=O)O.CCOC(C)=O.O. The molecule has 6 nitrogen and oxygen atoms in total. The van der Waals surface area contributed by atoms with Gasteiger partial charge in [0.1, 0.15) is 0 Å². The molecule has 84 valence electrons. The second kappa shape index (κ2) is 22.5. The lowest BCUT2D eigenvalue weighted by molar-refractivity contribution is -0.140. The number of hydrogen-bond donors (Lipinski definition) is 1. The summed E-state index contributed by atoms with van der Waals surface area (Å²) < 4.78 is 4.40. The molecule has 6 heteroatoms. The molecule has 0 fully saturated rings. The van der Waals surface area contributed by atoms with Gasteiger partial charge in [0.25, 0.3) is 5.97 Å². The summed E-state index contributed by atoms with van der Waals surface area (Å²) in [6.45, 7) is 6.17. The number of ether oxygens (including phenoxy) is 1. The molecule has 0 aliphatic heterocycles. The van der Waals surface area contributed by atoms with Gasteiger partial charge >= 0.3 is 5.97 Å². The largest absolute Gasteiger partial charge is 0.481 e. The fourth-order valence-electron chi connectivity index (χ4n) is 0.203. The van der Waals surface area contributed by atoms with Gasteiger partial charge in [-0.05, 0) is 6.92 Å². The highest BCUT2D eigenvalue weighted by Gasteiger charge is 1.81. The van der Waals surface area contributed by atoms with E-state index in [0.29, 0.717) is 6.61 Å². The molecule has 0 aliphatic rings. The molecule has 0 bridgehead atoms. The van der Waals surface area contributed by atoms with Gasteiger partial charge in [-0.3, -0.25) is 9.59 Å². The van der Waals surface area contributed by atoms with Crippen molar-refractivity contribution in [2.45, 2.75) is 27.7 Å². The van der Waals surface area contributed by atoms with Crippen LogP contribution in [-0.4, -0.2) is 29.1 Å². The van der Waals surface area contributed by atoms with Gasteiger partial charge in [0.05, 0.1) is 12.7 Å². The molecule has 0 aliphatic carbocycles. The molecule has 0 unspecified atom stereocenters. The van der Waals surface area contributed by atoms with E-state index in [1.807, 2.05) is 0 Å². The monoisotopic (exact) mass is 207 g/mol. The zero-order valence-electron chi connectivity index (χ0n) is 8.83. The fourth-order valence-corrected chi connectivity index (χ4v) is 0.203. The second-order valence-corrected chi connectivity index (χ2v) is 1.67. The molecule has 0 aromatic heterocycles. The fraction of sp³-hybridized carbons (Fsp3) is 0.625. The number of nitrogens with zero attached hydrogens (tertiary/aromatic N) is 1. The minimum atomic E-state index is -0.833. The van der Waals surface area contributed by atoms with Crippen LogP contribution in [0.2, 0.25) is 0 Å². The number of rotatable bonds is 1. The van der Waals surface area contributed by atoms with Gasteiger partial charge in [-0.15, -0.1) is 0 Å². The summed E-state index contributed by atoms with van der Waals surface area (Å²) in [4.78, 5) is 18.8. The van der Waals surface area contributed by atoms with Crippen LogP contribution in [0.5, 0.6) is 0 Å². The minimum absolute atomic E-state index is 0. The van der Waals surface area contributed by atoms with Crippen molar-refractivity contribution in [3.63, 3.8) is 0 Å². The molecule has 0 radical (unpaired) electrons. The van der Waals surface area contributed by atoms with Gasteiger partial charge in [-0.1, -0.05) is 0 Å². The van der Waals surface area contributed by atoms with Crippen molar-refractivity contribution in [1.29, 1.82) is 5.26 Å². The predicted molar refractivity (Wildman–Crippen MR) is 50.5 cm³/mol. The number of aliphatic carboxylic acids is 1. The number of nitriles is 1.